The van der Waals surface area contributed by atoms with Crippen molar-refractivity contribution in [1.82, 2.24) is 4.90 Å². The Hall–Kier alpha value is -4.59. The molecule has 3 aromatic carbocycles. The minimum atomic E-state index is -1.06. The first-order chi connectivity index (χ1) is 17.7. The van der Waals surface area contributed by atoms with E-state index in [0.29, 0.717) is 28.2 Å². The van der Waals surface area contributed by atoms with Gasteiger partial charge in [0.1, 0.15) is 17.3 Å². The molecular formula is C29H27NO7. The maximum absolute atomic E-state index is 13.3. The van der Waals surface area contributed by atoms with E-state index in [1.807, 2.05) is 13.8 Å². The lowest BCUT2D eigenvalue weighted by atomic mass is 9.95. The number of amides is 1. The summed E-state index contributed by atoms with van der Waals surface area (Å²) >= 11 is 0. The van der Waals surface area contributed by atoms with E-state index in [0.717, 1.165) is 0 Å². The summed E-state index contributed by atoms with van der Waals surface area (Å²) in [6.45, 7) is 3.79. The number of nitrogens with zero attached hydrogens (tertiary/aromatic N) is 1. The largest absolute Gasteiger partial charge is 0.507 e. The van der Waals surface area contributed by atoms with E-state index in [2.05, 4.69) is 0 Å². The fraction of sp³-hybridized carbons (Fsp3) is 0.207. The predicted molar refractivity (Wildman–Crippen MR) is 136 cm³/mol. The van der Waals surface area contributed by atoms with Crippen LogP contribution in [0.4, 0.5) is 0 Å². The number of methoxy groups -OCH3 is 1. The molecule has 0 aliphatic carbocycles. The van der Waals surface area contributed by atoms with Gasteiger partial charge in [-0.25, -0.2) is 4.79 Å². The minimum Gasteiger partial charge on any atom is -0.507 e. The second-order valence-corrected chi connectivity index (χ2v) is 8.90. The average Bonchev–Trinajstić information content (AvgIpc) is 3.13. The summed E-state index contributed by atoms with van der Waals surface area (Å²) < 4.78 is 11.1. The summed E-state index contributed by atoms with van der Waals surface area (Å²) in [6, 6.07) is 18.8. The van der Waals surface area contributed by atoms with E-state index >= 15 is 0 Å². The number of carbonyl (C=O) groups excluding carboxylic acids is 2. The van der Waals surface area contributed by atoms with Crippen molar-refractivity contribution in [3.8, 4) is 11.5 Å². The van der Waals surface area contributed by atoms with Crippen molar-refractivity contribution in [1.29, 1.82) is 0 Å². The smallest absolute Gasteiger partial charge is 0.335 e. The van der Waals surface area contributed by atoms with Gasteiger partial charge < -0.3 is 24.6 Å². The maximum atomic E-state index is 13.3. The first-order valence-corrected chi connectivity index (χ1v) is 11.7. The number of ketones is 1. The zero-order valence-electron chi connectivity index (χ0n) is 20.7. The van der Waals surface area contributed by atoms with Gasteiger partial charge in [-0.15, -0.1) is 0 Å². The van der Waals surface area contributed by atoms with Crippen LogP contribution < -0.4 is 9.47 Å². The molecule has 1 saturated heterocycles. The number of likely N-dealkylation sites (tertiary alicyclic amines) is 1. The molecular weight excluding hydrogens is 474 g/mol. The van der Waals surface area contributed by atoms with E-state index < -0.39 is 23.7 Å². The molecule has 0 bridgehead atoms. The van der Waals surface area contributed by atoms with Crippen LogP contribution in [0.3, 0.4) is 0 Å². The van der Waals surface area contributed by atoms with Crippen molar-refractivity contribution < 1.29 is 34.1 Å². The van der Waals surface area contributed by atoms with Gasteiger partial charge in [0.15, 0.2) is 0 Å². The lowest BCUT2D eigenvalue weighted by molar-refractivity contribution is -0.140. The Morgan fingerprint density at radius 3 is 2.24 bits per heavy atom. The third kappa shape index (κ3) is 5.33. The zero-order chi connectivity index (χ0) is 26.7. The maximum Gasteiger partial charge on any atom is 0.335 e. The van der Waals surface area contributed by atoms with Gasteiger partial charge in [0, 0.05) is 12.1 Å². The molecule has 0 saturated carbocycles. The van der Waals surface area contributed by atoms with Crippen molar-refractivity contribution in [2.24, 2.45) is 0 Å². The number of benzene rings is 3. The second-order valence-electron chi connectivity index (χ2n) is 8.90. The third-order valence-electron chi connectivity index (χ3n) is 5.98. The highest BCUT2D eigenvalue weighted by Crippen LogP contribution is 2.41. The van der Waals surface area contributed by atoms with Crippen LogP contribution in [0, 0.1) is 0 Å². The van der Waals surface area contributed by atoms with Crippen LogP contribution in [-0.2, 0) is 16.1 Å². The van der Waals surface area contributed by atoms with Gasteiger partial charge in [0.05, 0.1) is 30.4 Å². The molecule has 1 aliphatic heterocycles. The zero-order valence-corrected chi connectivity index (χ0v) is 20.7. The Labute approximate surface area is 214 Å². The average molecular weight is 502 g/mol. The quantitative estimate of drug-likeness (QED) is 0.259. The SMILES string of the molecule is COc1cccc(C2/C(=C(\O)c3cccc(OC(C)C)c3)C(=O)C(=O)N2Cc2ccc(C(=O)O)cc2)c1. The Morgan fingerprint density at radius 1 is 0.919 bits per heavy atom. The molecule has 3 aromatic rings. The number of hydrogen-bond donors (Lipinski definition) is 2. The molecule has 1 aliphatic rings. The fourth-order valence-electron chi connectivity index (χ4n) is 4.30. The molecule has 190 valence electrons. The molecule has 1 heterocycles. The van der Waals surface area contributed by atoms with Crippen molar-refractivity contribution in [2.45, 2.75) is 32.5 Å². The Kier molecular flexibility index (Phi) is 7.29. The van der Waals surface area contributed by atoms with Gasteiger partial charge in [-0.3, -0.25) is 9.59 Å². The summed E-state index contributed by atoms with van der Waals surface area (Å²) in [5.41, 5.74) is 1.61. The van der Waals surface area contributed by atoms with Gasteiger partial charge >= 0.3 is 5.97 Å². The van der Waals surface area contributed by atoms with Crippen LogP contribution >= 0.6 is 0 Å². The van der Waals surface area contributed by atoms with Crippen LogP contribution in [-0.4, -0.2) is 46.0 Å². The first kappa shape index (κ1) is 25.5. The molecule has 1 amide bonds. The highest BCUT2D eigenvalue weighted by Gasteiger charge is 2.46. The predicted octanol–water partition coefficient (Wildman–Crippen LogP) is 4.80. The van der Waals surface area contributed by atoms with Gasteiger partial charge in [0.2, 0.25) is 0 Å². The topological polar surface area (TPSA) is 113 Å². The molecule has 1 unspecified atom stereocenters. The molecule has 2 N–H and O–H groups in total. The van der Waals surface area contributed by atoms with Crippen molar-refractivity contribution in [3.05, 3.63) is 101 Å². The van der Waals surface area contributed by atoms with E-state index in [4.69, 9.17) is 9.47 Å². The van der Waals surface area contributed by atoms with Crippen LogP contribution in [0.15, 0.2) is 78.4 Å². The lowest BCUT2D eigenvalue weighted by Crippen LogP contribution is -2.29. The van der Waals surface area contributed by atoms with E-state index in [1.165, 1.54) is 24.1 Å². The van der Waals surface area contributed by atoms with Crippen LogP contribution in [0.2, 0.25) is 0 Å². The number of aliphatic hydroxyl groups is 1. The van der Waals surface area contributed by atoms with Crippen LogP contribution in [0.25, 0.3) is 5.76 Å². The van der Waals surface area contributed by atoms with Gasteiger partial charge in [-0.05, 0) is 61.4 Å². The van der Waals surface area contributed by atoms with E-state index in [9.17, 15) is 24.6 Å². The number of ether oxygens (including phenoxy) is 2. The fourth-order valence-corrected chi connectivity index (χ4v) is 4.30. The molecule has 0 spiro atoms. The normalized spacial score (nSPS) is 16.8. The number of aliphatic hydroxyl groups excluding tert-OH is 1. The Balaban J connectivity index is 1.82. The van der Waals surface area contributed by atoms with Crippen LogP contribution in [0.1, 0.15) is 46.9 Å². The third-order valence-corrected chi connectivity index (χ3v) is 5.98. The van der Waals surface area contributed by atoms with Gasteiger partial charge in [-0.1, -0.05) is 36.4 Å². The second kappa shape index (κ2) is 10.6. The van der Waals surface area contributed by atoms with E-state index in [1.54, 1.807) is 60.7 Å². The molecule has 0 radical (unpaired) electrons. The summed E-state index contributed by atoms with van der Waals surface area (Å²) in [5, 5.41) is 20.5. The monoisotopic (exact) mass is 501 g/mol. The highest BCUT2D eigenvalue weighted by atomic mass is 16.5. The summed E-state index contributed by atoms with van der Waals surface area (Å²) in [6.07, 6.45) is -0.0905. The number of hydrogen-bond acceptors (Lipinski definition) is 6. The number of carboxylic acid groups (broad SMARTS) is 1. The Bertz CT molecular complexity index is 1380. The Morgan fingerprint density at radius 2 is 1.59 bits per heavy atom. The molecule has 8 heteroatoms. The number of rotatable bonds is 8. The highest BCUT2D eigenvalue weighted by molar-refractivity contribution is 6.46. The number of aromatic carboxylic acids is 1. The molecule has 1 atom stereocenters. The molecule has 37 heavy (non-hydrogen) atoms. The minimum absolute atomic E-state index is 0.0274. The van der Waals surface area contributed by atoms with Gasteiger partial charge in [0.25, 0.3) is 11.7 Å². The molecule has 4 rings (SSSR count). The van der Waals surface area contributed by atoms with Crippen molar-refractivity contribution >= 4 is 23.4 Å². The number of carbonyl (C=O) groups is 3. The summed E-state index contributed by atoms with van der Waals surface area (Å²) in [4.78, 5) is 39.2. The summed E-state index contributed by atoms with van der Waals surface area (Å²) in [5.74, 6) is -1.92. The molecule has 1 fully saturated rings. The van der Waals surface area contributed by atoms with Gasteiger partial charge in [-0.2, -0.15) is 0 Å². The summed E-state index contributed by atoms with van der Waals surface area (Å²) in [7, 11) is 1.51. The standard InChI is InChI=1S/C29H27NO7/c1-17(2)37-23-9-5-7-21(15-23)26(31)24-25(20-6-4-8-22(14-20)36-3)30(28(33)27(24)32)16-18-10-12-19(13-11-18)29(34)35/h4-15,17,25,31H,16H2,1-3H3,(H,34,35)/b26-24+. The van der Waals surface area contributed by atoms with Crippen molar-refractivity contribution in [2.75, 3.05) is 7.11 Å². The lowest BCUT2D eigenvalue weighted by Gasteiger charge is -2.26. The molecule has 0 aromatic heterocycles. The van der Waals surface area contributed by atoms with E-state index in [-0.39, 0.29) is 29.5 Å². The first-order valence-electron chi connectivity index (χ1n) is 11.7. The van der Waals surface area contributed by atoms with Crippen LogP contribution in [0.5, 0.6) is 11.5 Å². The number of carboxylic acids is 1. The van der Waals surface area contributed by atoms with Crippen molar-refractivity contribution in [3.63, 3.8) is 0 Å². The number of Topliss-reactive ketones (excluding diaryl/α,β-unsaturated/α-hetero) is 1. The molecule has 8 nitrogen and oxygen atoms in total.